The zero-order valence-electron chi connectivity index (χ0n) is 16.8. The van der Waals surface area contributed by atoms with Crippen LogP contribution in [0.2, 0.25) is 0 Å². The molecule has 0 fully saturated rings. The second-order valence-corrected chi connectivity index (χ2v) is 9.65. The topological polar surface area (TPSA) is 26.3 Å². The smallest absolute Gasteiger partial charge is 0.311 e. The predicted molar refractivity (Wildman–Crippen MR) is 107 cm³/mol. The van der Waals surface area contributed by atoms with E-state index in [9.17, 15) is 4.79 Å². The average molecular weight is 351 g/mol. The molecule has 2 aromatic carbocycles. The van der Waals surface area contributed by atoms with Crippen molar-refractivity contribution in [3.63, 3.8) is 0 Å². The Hall–Kier alpha value is -2.09. The number of carbonyl (C=O) groups is 1. The van der Waals surface area contributed by atoms with Crippen molar-refractivity contribution in [3.8, 4) is 11.1 Å². The van der Waals surface area contributed by atoms with Crippen LogP contribution < -0.4 is 0 Å². The molecule has 0 spiro atoms. The van der Waals surface area contributed by atoms with E-state index in [-0.39, 0.29) is 17.3 Å². The molecule has 3 rings (SSSR count). The summed E-state index contributed by atoms with van der Waals surface area (Å²) in [5.41, 5.74) is 6.24. The number of hydrogen-bond acceptors (Lipinski definition) is 2. The van der Waals surface area contributed by atoms with Gasteiger partial charge in [-0.1, -0.05) is 63.2 Å². The molecule has 138 valence electrons. The van der Waals surface area contributed by atoms with Gasteiger partial charge in [0.2, 0.25) is 0 Å². The third-order valence-corrected chi connectivity index (χ3v) is 4.85. The molecule has 0 heterocycles. The molecule has 2 aromatic rings. The molecule has 0 aliphatic heterocycles. The summed E-state index contributed by atoms with van der Waals surface area (Å²) >= 11 is 0. The van der Waals surface area contributed by atoms with Crippen LogP contribution in [0.15, 0.2) is 42.5 Å². The molecule has 1 aliphatic carbocycles. The van der Waals surface area contributed by atoms with Crippen LogP contribution >= 0.6 is 0 Å². The number of carbonyl (C=O) groups excluding carboxylic acids is 1. The van der Waals surface area contributed by atoms with E-state index in [4.69, 9.17) is 4.74 Å². The Morgan fingerprint density at radius 1 is 0.923 bits per heavy atom. The zero-order valence-corrected chi connectivity index (χ0v) is 16.8. The Labute approximate surface area is 157 Å². The average Bonchev–Trinajstić information content (AvgIpc) is 2.83. The van der Waals surface area contributed by atoms with Crippen LogP contribution in [0.25, 0.3) is 11.1 Å². The van der Waals surface area contributed by atoms with Crippen LogP contribution in [-0.4, -0.2) is 12.6 Å². The summed E-state index contributed by atoms with van der Waals surface area (Å²) in [7, 11) is 0. The number of benzene rings is 2. The molecule has 0 amide bonds. The SMILES string of the molecule is CC(C)(C)Cc1ccc2c(c1)-c1ccccc1C2COC(=O)C(C)(C)C. The Morgan fingerprint density at radius 2 is 1.58 bits per heavy atom. The van der Waals surface area contributed by atoms with Gasteiger partial charge < -0.3 is 4.74 Å². The van der Waals surface area contributed by atoms with Crippen molar-refractivity contribution in [2.24, 2.45) is 10.8 Å². The van der Waals surface area contributed by atoms with Crippen LogP contribution in [0.1, 0.15) is 64.2 Å². The first-order valence-corrected chi connectivity index (χ1v) is 9.46. The lowest BCUT2D eigenvalue weighted by Gasteiger charge is -2.21. The van der Waals surface area contributed by atoms with Crippen LogP contribution in [0.4, 0.5) is 0 Å². The normalized spacial score (nSPS) is 16.2. The monoisotopic (exact) mass is 350 g/mol. The van der Waals surface area contributed by atoms with Crippen molar-refractivity contribution in [1.29, 1.82) is 0 Å². The number of hydrogen-bond donors (Lipinski definition) is 0. The lowest BCUT2D eigenvalue weighted by Crippen LogP contribution is -2.25. The molecular formula is C24H30O2. The van der Waals surface area contributed by atoms with E-state index in [1.807, 2.05) is 20.8 Å². The fourth-order valence-corrected chi connectivity index (χ4v) is 3.63. The Kier molecular flexibility index (Phi) is 4.72. The van der Waals surface area contributed by atoms with E-state index >= 15 is 0 Å². The third-order valence-electron chi connectivity index (χ3n) is 4.85. The number of fused-ring (bicyclic) bond motifs is 3. The van der Waals surface area contributed by atoms with Crippen LogP contribution in [0, 0.1) is 10.8 Å². The summed E-state index contributed by atoms with van der Waals surface area (Å²) in [6.07, 6.45) is 1.05. The molecule has 0 aromatic heterocycles. The van der Waals surface area contributed by atoms with E-state index in [1.165, 1.54) is 27.8 Å². The molecular weight excluding hydrogens is 320 g/mol. The minimum absolute atomic E-state index is 0.121. The maximum Gasteiger partial charge on any atom is 0.311 e. The molecule has 1 atom stereocenters. The summed E-state index contributed by atoms with van der Waals surface area (Å²) in [6, 6.07) is 15.3. The van der Waals surface area contributed by atoms with E-state index < -0.39 is 5.41 Å². The lowest BCUT2D eigenvalue weighted by molar-refractivity contribution is -0.153. The van der Waals surface area contributed by atoms with Gasteiger partial charge in [-0.25, -0.2) is 0 Å². The maximum atomic E-state index is 12.2. The van der Waals surface area contributed by atoms with Crippen molar-refractivity contribution in [2.75, 3.05) is 6.61 Å². The Morgan fingerprint density at radius 3 is 2.23 bits per heavy atom. The first-order chi connectivity index (χ1) is 12.1. The third kappa shape index (κ3) is 3.85. The number of rotatable bonds is 3. The lowest BCUT2D eigenvalue weighted by atomic mass is 9.86. The fourth-order valence-electron chi connectivity index (χ4n) is 3.63. The molecule has 0 radical (unpaired) electrons. The van der Waals surface area contributed by atoms with E-state index in [0.29, 0.717) is 6.61 Å². The van der Waals surface area contributed by atoms with Gasteiger partial charge in [0.05, 0.1) is 5.41 Å². The molecule has 0 bridgehead atoms. The maximum absolute atomic E-state index is 12.2. The molecule has 0 N–H and O–H groups in total. The first-order valence-electron chi connectivity index (χ1n) is 9.46. The molecule has 1 unspecified atom stereocenters. The van der Waals surface area contributed by atoms with E-state index in [1.54, 1.807) is 0 Å². The largest absolute Gasteiger partial charge is 0.464 e. The van der Waals surface area contributed by atoms with E-state index in [2.05, 4.69) is 63.2 Å². The number of esters is 1. The molecule has 26 heavy (non-hydrogen) atoms. The highest BCUT2D eigenvalue weighted by atomic mass is 16.5. The van der Waals surface area contributed by atoms with Crippen LogP contribution in [0.5, 0.6) is 0 Å². The summed E-state index contributed by atoms with van der Waals surface area (Å²) in [5, 5.41) is 0. The molecule has 1 aliphatic rings. The van der Waals surface area contributed by atoms with Crippen molar-refractivity contribution in [3.05, 3.63) is 59.2 Å². The second kappa shape index (κ2) is 6.57. The number of ether oxygens (including phenoxy) is 1. The van der Waals surface area contributed by atoms with Crippen molar-refractivity contribution >= 4 is 5.97 Å². The van der Waals surface area contributed by atoms with Gasteiger partial charge >= 0.3 is 5.97 Å². The van der Waals surface area contributed by atoms with Gasteiger partial charge in [-0.2, -0.15) is 0 Å². The summed E-state index contributed by atoms with van der Waals surface area (Å²) in [4.78, 5) is 12.2. The summed E-state index contributed by atoms with van der Waals surface area (Å²) < 4.78 is 5.68. The van der Waals surface area contributed by atoms with E-state index in [0.717, 1.165) is 6.42 Å². The van der Waals surface area contributed by atoms with Crippen LogP contribution in [-0.2, 0) is 16.0 Å². The predicted octanol–water partition coefficient (Wildman–Crippen LogP) is 5.98. The van der Waals surface area contributed by atoms with Gasteiger partial charge in [0.1, 0.15) is 6.61 Å². The van der Waals surface area contributed by atoms with Gasteiger partial charge in [-0.15, -0.1) is 0 Å². The first kappa shape index (κ1) is 18.7. The minimum atomic E-state index is -0.475. The van der Waals surface area contributed by atoms with Crippen molar-refractivity contribution in [1.82, 2.24) is 0 Å². The Bertz CT molecular complexity index is 819. The Balaban J connectivity index is 1.93. The molecule has 2 heteroatoms. The second-order valence-electron chi connectivity index (χ2n) is 9.65. The standard InChI is InChI=1S/C24H30O2/c1-23(2,3)14-16-11-12-19-20(13-16)17-9-7-8-10-18(17)21(19)15-26-22(25)24(4,5)6/h7-13,21H,14-15H2,1-6H3. The quantitative estimate of drug-likeness (QED) is 0.637. The van der Waals surface area contributed by atoms with Gasteiger partial charge in [-0.3, -0.25) is 4.79 Å². The minimum Gasteiger partial charge on any atom is -0.464 e. The van der Waals surface area contributed by atoms with Gasteiger partial charge in [0.25, 0.3) is 0 Å². The highest BCUT2D eigenvalue weighted by Crippen LogP contribution is 2.45. The van der Waals surface area contributed by atoms with Crippen LogP contribution in [0.3, 0.4) is 0 Å². The molecule has 0 saturated heterocycles. The molecule has 2 nitrogen and oxygen atoms in total. The zero-order chi connectivity index (χ0) is 19.1. The summed E-state index contributed by atoms with van der Waals surface area (Å²) in [6.45, 7) is 12.9. The fraction of sp³-hybridized carbons (Fsp3) is 0.458. The van der Waals surface area contributed by atoms with Gasteiger partial charge in [-0.05, 0) is 60.4 Å². The highest BCUT2D eigenvalue weighted by molar-refractivity contribution is 5.80. The van der Waals surface area contributed by atoms with Crippen molar-refractivity contribution < 1.29 is 9.53 Å². The molecule has 0 saturated carbocycles. The summed E-state index contributed by atoms with van der Waals surface area (Å²) in [5.74, 6) is -0.0241. The van der Waals surface area contributed by atoms with Crippen molar-refractivity contribution in [2.45, 2.75) is 53.9 Å². The van der Waals surface area contributed by atoms with Gasteiger partial charge in [0.15, 0.2) is 0 Å². The highest BCUT2D eigenvalue weighted by Gasteiger charge is 2.31. The van der Waals surface area contributed by atoms with Gasteiger partial charge in [0, 0.05) is 5.92 Å².